The van der Waals surface area contributed by atoms with Crippen LogP contribution in [0, 0.1) is 13.8 Å². The smallest absolute Gasteiger partial charge is 0.160 e. The van der Waals surface area contributed by atoms with Crippen molar-refractivity contribution in [3.05, 3.63) is 58.5 Å². The predicted octanol–water partition coefficient (Wildman–Crippen LogP) is 5.40. The van der Waals surface area contributed by atoms with Gasteiger partial charge >= 0.3 is 0 Å². The summed E-state index contributed by atoms with van der Waals surface area (Å²) in [6, 6.07) is 12.1. The SMILES string of the molecule is CCc1nc2c(C)cc(C)nc2n1Cc1ccc(CCCN2CCN(C(CC)CC)CC2)cc1. The fourth-order valence-electron chi connectivity index (χ4n) is 5.54. The van der Waals surface area contributed by atoms with Crippen LogP contribution in [0.5, 0.6) is 0 Å². The van der Waals surface area contributed by atoms with Crippen LogP contribution >= 0.6 is 0 Å². The number of fused-ring (bicyclic) bond motifs is 1. The minimum absolute atomic E-state index is 0.776. The van der Waals surface area contributed by atoms with Crippen molar-refractivity contribution in [2.45, 2.75) is 79.3 Å². The third-order valence-electron chi connectivity index (χ3n) is 7.59. The second-order valence-corrected chi connectivity index (χ2v) is 9.99. The lowest BCUT2D eigenvalue weighted by molar-refractivity contribution is 0.0915. The van der Waals surface area contributed by atoms with Crippen LogP contribution in [0.25, 0.3) is 11.2 Å². The van der Waals surface area contributed by atoms with E-state index in [0.717, 1.165) is 48.1 Å². The van der Waals surface area contributed by atoms with E-state index in [2.05, 4.69) is 79.3 Å². The van der Waals surface area contributed by atoms with E-state index in [4.69, 9.17) is 9.97 Å². The first kappa shape index (κ1) is 24.9. The van der Waals surface area contributed by atoms with E-state index in [0.29, 0.717) is 0 Å². The fraction of sp³-hybridized carbons (Fsp3) is 0.586. The molecule has 1 aliphatic rings. The van der Waals surface area contributed by atoms with Crippen LogP contribution in [0.4, 0.5) is 0 Å². The van der Waals surface area contributed by atoms with Gasteiger partial charge in [-0.2, -0.15) is 0 Å². The van der Waals surface area contributed by atoms with Crippen LogP contribution < -0.4 is 0 Å². The number of aryl methyl sites for hydroxylation is 4. The summed E-state index contributed by atoms with van der Waals surface area (Å²) in [4.78, 5) is 15.1. The van der Waals surface area contributed by atoms with Crippen molar-refractivity contribution in [1.29, 1.82) is 0 Å². The summed E-state index contributed by atoms with van der Waals surface area (Å²) < 4.78 is 2.30. The number of nitrogens with zero attached hydrogens (tertiary/aromatic N) is 5. The Bertz CT molecular complexity index is 1060. The Morgan fingerprint density at radius 2 is 1.56 bits per heavy atom. The van der Waals surface area contributed by atoms with Gasteiger partial charge in [0.2, 0.25) is 0 Å². The molecular formula is C29H43N5. The van der Waals surface area contributed by atoms with Gasteiger partial charge in [-0.1, -0.05) is 45.0 Å². The Morgan fingerprint density at radius 3 is 2.21 bits per heavy atom. The van der Waals surface area contributed by atoms with Crippen molar-refractivity contribution in [1.82, 2.24) is 24.3 Å². The third-order valence-corrected chi connectivity index (χ3v) is 7.59. The lowest BCUT2D eigenvalue weighted by atomic mass is 10.1. The number of hydrogen-bond acceptors (Lipinski definition) is 4. The van der Waals surface area contributed by atoms with Crippen molar-refractivity contribution in [2.75, 3.05) is 32.7 Å². The van der Waals surface area contributed by atoms with Crippen LogP contribution in [0.15, 0.2) is 30.3 Å². The highest BCUT2D eigenvalue weighted by molar-refractivity contribution is 5.76. The molecule has 2 aromatic heterocycles. The number of benzene rings is 1. The summed E-state index contributed by atoms with van der Waals surface area (Å²) in [7, 11) is 0. The van der Waals surface area contributed by atoms with Gasteiger partial charge in [-0.15, -0.1) is 0 Å². The molecular weight excluding hydrogens is 418 g/mol. The zero-order valence-electron chi connectivity index (χ0n) is 22.0. The van der Waals surface area contributed by atoms with E-state index < -0.39 is 0 Å². The van der Waals surface area contributed by atoms with Gasteiger partial charge in [-0.3, -0.25) is 4.90 Å². The predicted molar refractivity (Wildman–Crippen MR) is 143 cm³/mol. The molecule has 4 rings (SSSR count). The van der Waals surface area contributed by atoms with Gasteiger partial charge in [0.25, 0.3) is 0 Å². The number of piperazine rings is 1. The summed E-state index contributed by atoms with van der Waals surface area (Å²) in [5.41, 5.74) is 7.08. The van der Waals surface area contributed by atoms with Crippen molar-refractivity contribution < 1.29 is 0 Å². The van der Waals surface area contributed by atoms with Crippen molar-refractivity contribution >= 4 is 11.2 Å². The number of hydrogen-bond donors (Lipinski definition) is 0. The van der Waals surface area contributed by atoms with Gasteiger partial charge in [0.05, 0.1) is 6.54 Å². The van der Waals surface area contributed by atoms with Gasteiger partial charge in [0, 0.05) is 44.3 Å². The molecule has 0 spiro atoms. The van der Waals surface area contributed by atoms with Crippen molar-refractivity contribution in [3.8, 4) is 0 Å². The Kier molecular flexibility index (Phi) is 8.38. The fourth-order valence-corrected chi connectivity index (χ4v) is 5.54. The topological polar surface area (TPSA) is 37.2 Å². The molecule has 0 unspecified atom stereocenters. The van der Waals surface area contributed by atoms with E-state index in [9.17, 15) is 0 Å². The quantitative estimate of drug-likeness (QED) is 0.405. The average molecular weight is 462 g/mol. The molecule has 1 aliphatic heterocycles. The second-order valence-electron chi connectivity index (χ2n) is 9.99. The second kappa shape index (κ2) is 11.5. The molecule has 0 bridgehead atoms. The number of rotatable bonds is 10. The maximum Gasteiger partial charge on any atom is 0.160 e. The molecule has 5 nitrogen and oxygen atoms in total. The molecule has 184 valence electrons. The minimum atomic E-state index is 0.776. The van der Waals surface area contributed by atoms with E-state index in [1.165, 1.54) is 68.7 Å². The van der Waals surface area contributed by atoms with Crippen LogP contribution in [-0.2, 0) is 19.4 Å². The Labute approximate surface area is 206 Å². The zero-order valence-corrected chi connectivity index (χ0v) is 22.0. The summed E-state index contributed by atoms with van der Waals surface area (Å²) in [6.07, 6.45) is 5.86. The molecule has 0 amide bonds. The van der Waals surface area contributed by atoms with Crippen molar-refractivity contribution in [3.63, 3.8) is 0 Å². The number of pyridine rings is 1. The highest BCUT2D eigenvalue weighted by atomic mass is 15.3. The zero-order chi connectivity index (χ0) is 24.1. The molecule has 1 saturated heterocycles. The highest BCUT2D eigenvalue weighted by Crippen LogP contribution is 2.21. The molecule has 0 atom stereocenters. The molecule has 1 aromatic carbocycles. The summed E-state index contributed by atoms with van der Waals surface area (Å²) >= 11 is 0. The third kappa shape index (κ3) is 5.69. The Balaban J connectivity index is 1.31. The monoisotopic (exact) mass is 461 g/mol. The van der Waals surface area contributed by atoms with Gasteiger partial charge in [0.1, 0.15) is 11.3 Å². The summed E-state index contributed by atoms with van der Waals surface area (Å²) in [6.45, 7) is 18.0. The summed E-state index contributed by atoms with van der Waals surface area (Å²) in [5.74, 6) is 1.12. The average Bonchev–Trinajstić information content (AvgIpc) is 3.19. The Morgan fingerprint density at radius 1 is 0.882 bits per heavy atom. The molecule has 3 aromatic rings. The van der Waals surface area contributed by atoms with E-state index in [1.54, 1.807) is 0 Å². The molecule has 0 aliphatic carbocycles. The van der Waals surface area contributed by atoms with E-state index in [-0.39, 0.29) is 0 Å². The molecule has 0 N–H and O–H groups in total. The molecule has 1 fully saturated rings. The largest absolute Gasteiger partial charge is 0.308 e. The molecule has 3 heterocycles. The minimum Gasteiger partial charge on any atom is -0.308 e. The van der Waals surface area contributed by atoms with Gasteiger partial charge in [0.15, 0.2) is 5.65 Å². The van der Waals surface area contributed by atoms with E-state index in [1.807, 2.05) is 0 Å². The van der Waals surface area contributed by atoms with Gasteiger partial charge in [-0.05, 0) is 68.8 Å². The first-order valence-electron chi connectivity index (χ1n) is 13.4. The van der Waals surface area contributed by atoms with Gasteiger partial charge in [-0.25, -0.2) is 9.97 Å². The number of aromatic nitrogens is 3. The highest BCUT2D eigenvalue weighted by Gasteiger charge is 2.21. The lowest BCUT2D eigenvalue weighted by Crippen LogP contribution is -2.50. The maximum absolute atomic E-state index is 4.89. The van der Waals surface area contributed by atoms with E-state index >= 15 is 0 Å². The van der Waals surface area contributed by atoms with Crippen LogP contribution in [0.2, 0.25) is 0 Å². The first-order chi connectivity index (χ1) is 16.5. The summed E-state index contributed by atoms with van der Waals surface area (Å²) in [5, 5.41) is 0. The first-order valence-corrected chi connectivity index (χ1v) is 13.4. The molecule has 0 saturated carbocycles. The lowest BCUT2D eigenvalue weighted by Gasteiger charge is -2.38. The van der Waals surface area contributed by atoms with Gasteiger partial charge < -0.3 is 9.47 Å². The van der Waals surface area contributed by atoms with Crippen LogP contribution in [0.1, 0.15) is 68.2 Å². The molecule has 0 radical (unpaired) electrons. The molecule has 5 heteroatoms. The van der Waals surface area contributed by atoms with Crippen LogP contribution in [0.3, 0.4) is 0 Å². The molecule has 34 heavy (non-hydrogen) atoms. The normalized spacial score (nSPS) is 15.6. The standard InChI is InChI=1S/C29H43N5/c1-6-26(7-2)33-18-16-32(17-19-33)15-9-10-24-11-13-25(14-12-24)21-34-27(8-3)31-28-22(4)20-23(5)30-29(28)34/h11-14,20,26H,6-10,15-19,21H2,1-5H3. The van der Waals surface area contributed by atoms with Crippen LogP contribution in [-0.4, -0.2) is 63.1 Å². The maximum atomic E-state index is 4.89. The van der Waals surface area contributed by atoms with Crippen molar-refractivity contribution in [2.24, 2.45) is 0 Å². The Hall–Kier alpha value is -2.24. The number of imidazole rings is 1.